The Morgan fingerprint density at radius 3 is 2.30 bits per heavy atom. The summed E-state index contributed by atoms with van der Waals surface area (Å²) >= 11 is 0. The van der Waals surface area contributed by atoms with Crippen molar-refractivity contribution in [3.05, 3.63) is 60.2 Å². The Morgan fingerprint density at radius 2 is 1.65 bits per heavy atom. The highest BCUT2D eigenvalue weighted by molar-refractivity contribution is 5.98. The van der Waals surface area contributed by atoms with Gasteiger partial charge in [0.25, 0.3) is 0 Å². The maximum absolute atomic E-state index is 11.9. The highest BCUT2D eigenvalue weighted by atomic mass is 16.6. The smallest absolute Gasteiger partial charge is 0.334 e. The quantitative estimate of drug-likeness (QED) is 0.813. The van der Waals surface area contributed by atoms with E-state index in [1.165, 1.54) is 0 Å². The predicted octanol–water partition coefficient (Wildman–Crippen LogP) is 3.45. The van der Waals surface area contributed by atoms with E-state index in [0.717, 1.165) is 16.7 Å². The molecule has 0 fully saturated rings. The van der Waals surface area contributed by atoms with Crippen LogP contribution >= 0.6 is 0 Å². The second kappa shape index (κ2) is 6.65. The zero-order chi connectivity index (χ0) is 16.2. The van der Waals surface area contributed by atoms with Gasteiger partial charge in [0, 0.05) is 5.56 Å². The average molecular weight is 309 g/mol. The summed E-state index contributed by atoms with van der Waals surface area (Å²) in [6.07, 6.45) is -0.146. The van der Waals surface area contributed by atoms with E-state index in [4.69, 9.17) is 9.47 Å². The molecule has 1 heterocycles. The fourth-order valence-corrected chi connectivity index (χ4v) is 2.40. The van der Waals surface area contributed by atoms with Crippen molar-refractivity contribution in [2.24, 2.45) is 4.99 Å². The highest BCUT2D eigenvalue weighted by Gasteiger charge is 2.28. The molecule has 118 valence electrons. The monoisotopic (exact) mass is 309 g/mol. The molecule has 0 aliphatic carbocycles. The summed E-state index contributed by atoms with van der Waals surface area (Å²) in [6, 6.07) is 17.5. The number of hydrogen-bond acceptors (Lipinski definition) is 4. The van der Waals surface area contributed by atoms with E-state index >= 15 is 0 Å². The number of hydrogen-bond donors (Lipinski definition) is 0. The van der Waals surface area contributed by atoms with E-state index < -0.39 is 6.04 Å². The van der Waals surface area contributed by atoms with E-state index in [0.29, 0.717) is 5.90 Å². The summed E-state index contributed by atoms with van der Waals surface area (Å²) in [7, 11) is 0. The van der Waals surface area contributed by atoms with Crippen molar-refractivity contribution in [2.45, 2.75) is 26.0 Å². The second-order valence-corrected chi connectivity index (χ2v) is 5.69. The van der Waals surface area contributed by atoms with Crippen LogP contribution in [0, 0.1) is 0 Å². The summed E-state index contributed by atoms with van der Waals surface area (Å²) in [5.74, 6) is 0.159. The Balaban J connectivity index is 1.74. The third-order valence-electron chi connectivity index (χ3n) is 3.51. The van der Waals surface area contributed by atoms with Crippen LogP contribution in [0.4, 0.5) is 0 Å². The molecule has 1 aliphatic rings. The van der Waals surface area contributed by atoms with Crippen molar-refractivity contribution < 1.29 is 14.3 Å². The topological polar surface area (TPSA) is 47.9 Å². The minimum atomic E-state index is -0.568. The lowest BCUT2D eigenvalue weighted by molar-refractivity contribution is -0.149. The lowest BCUT2D eigenvalue weighted by atomic mass is 10.0. The van der Waals surface area contributed by atoms with E-state index in [-0.39, 0.29) is 18.7 Å². The summed E-state index contributed by atoms with van der Waals surface area (Å²) in [4.78, 5) is 16.2. The van der Waals surface area contributed by atoms with Crippen molar-refractivity contribution in [3.8, 4) is 11.1 Å². The SMILES string of the molecule is CC(C)OC(=O)C1COC(c2ccc(-c3ccccc3)cc2)=N1. The standard InChI is InChI=1S/C19H19NO3/c1-13(2)23-19(21)17-12-22-18(20-17)16-10-8-15(9-11-16)14-6-4-3-5-7-14/h3-11,13,17H,12H2,1-2H3. The van der Waals surface area contributed by atoms with Crippen molar-refractivity contribution in [1.82, 2.24) is 0 Å². The van der Waals surface area contributed by atoms with E-state index in [2.05, 4.69) is 17.1 Å². The van der Waals surface area contributed by atoms with Crippen LogP contribution in [0.5, 0.6) is 0 Å². The van der Waals surface area contributed by atoms with Crippen molar-refractivity contribution >= 4 is 11.9 Å². The van der Waals surface area contributed by atoms with Crippen molar-refractivity contribution in [2.75, 3.05) is 6.61 Å². The molecule has 0 N–H and O–H groups in total. The predicted molar refractivity (Wildman–Crippen MR) is 89.4 cm³/mol. The first-order valence-electron chi connectivity index (χ1n) is 7.70. The van der Waals surface area contributed by atoms with Gasteiger partial charge in [-0.05, 0) is 37.1 Å². The van der Waals surface area contributed by atoms with Gasteiger partial charge in [0.1, 0.15) is 6.61 Å². The van der Waals surface area contributed by atoms with Crippen molar-refractivity contribution in [3.63, 3.8) is 0 Å². The highest BCUT2D eigenvalue weighted by Crippen LogP contribution is 2.21. The number of carbonyl (C=O) groups excluding carboxylic acids is 1. The molecular weight excluding hydrogens is 290 g/mol. The minimum absolute atomic E-state index is 0.146. The normalized spacial score (nSPS) is 16.8. The van der Waals surface area contributed by atoms with Crippen LogP contribution in [-0.4, -0.2) is 30.6 Å². The molecule has 2 aromatic rings. The maximum atomic E-state index is 11.9. The van der Waals surface area contributed by atoms with Crippen LogP contribution in [0.25, 0.3) is 11.1 Å². The Hall–Kier alpha value is -2.62. The molecule has 0 bridgehead atoms. The van der Waals surface area contributed by atoms with Gasteiger partial charge in [0.15, 0.2) is 6.04 Å². The number of ether oxygens (including phenoxy) is 2. The first-order chi connectivity index (χ1) is 11.1. The molecular formula is C19H19NO3. The van der Waals surface area contributed by atoms with Crippen LogP contribution in [0.2, 0.25) is 0 Å². The molecule has 4 heteroatoms. The zero-order valence-electron chi connectivity index (χ0n) is 13.2. The van der Waals surface area contributed by atoms with Gasteiger partial charge >= 0.3 is 5.97 Å². The third kappa shape index (κ3) is 3.59. The Kier molecular flexibility index (Phi) is 4.42. The van der Waals surface area contributed by atoms with Crippen LogP contribution in [0.1, 0.15) is 19.4 Å². The summed E-state index contributed by atoms with van der Waals surface area (Å²) in [5.41, 5.74) is 3.15. The first-order valence-corrected chi connectivity index (χ1v) is 7.70. The number of esters is 1. The molecule has 0 amide bonds. The Bertz CT molecular complexity index is 705. The first kappa shape index (κ1) is 15.3. The molecule has 0 saturated carbocycles. The largest absolute Gasteiger partial charge is 0.475 e. The number of carbonyl (C=O) groups is 1. The number of rotatable bonds is 4. The van der Waals surface area contributed by atoms with E-state index in [9.17, 15) is 4.79 Å². The van der Waals surface area contributed by atoms with Crippen LogP contribution in [-0.2, 0) is 14.3 Å². The molecule has 23 heavy (non-hydrogen) atoms. The fourth-order valence-electron chi connectivity index (χ4n) is 2.40. The lowest BCUT2D eigenvalue weighted by Gasteiger charge is -2.09. The van der Waals surface area contributed by atoms with E-state index in [1.54, 1.807) is 0 Å². The van der Waals surface area contributed by atoms with Crippen LogP contribution in [0.15, 0.2) is 59.6 Å². The number of aliphatic imine (C=N–C) groups is 1. The molecule has 0 spiro atoms. The number of nitrogens with zero attached hydrogens (tertiary/aromatic N) is 1. The summed E-state index contributed by atoms with van der Waals surface area (Å²) < 4.78 is 10.7. The van der Waals surface area contributed by atoms with Gasteiger partial charge in [-0.1, -0.05) is 42.5 Å². The van der Waals surface area contributed by atoms with Crippen molar-refractivity contribution in [1.29, 1.82) is 0 Å². The van der Waals surface area contributed by atoms with Gasteiger partial charge in [0.05, 0.1) is 6.10 Å². The third-order valence-corrected chi connectivity index (χ3v) is 3.51. The second-order valence-electron chi connectivity index (χ2n) is 5.69. The summed E-state index contributed by atoms with van der Waals surface area (Å²) in [5, 5.41) is 0. The average Bonchev–Trinajstić information content (AvgIpc) is 3.05. The zero-order valence-corrected chi connectivity index (χ0v) is 13.2. The van der Waals surface area contributed by atoms with Gasteiger partial charge < -0.3 is 9.47 Å². The van der Waals surface area contributed by atoms with Gasteiger partial charge in [-0.15, -0.1) is 0 Å². The molecule has 4 nitrogen and oxygen atoms in total. The maximum Gasteiger partial charge on any atom is 0.334 e. The summed E-state index contributed by atoms with van der Waals surface area (Å²) in [6.45, 7) is 3.88. The fraction of sp³-hybridized carbons (Fsp3) is 0.263. The molecule has 1 unspecified atom stereocenters. The molecule has 0 radical (unpaired) electrons. The Morgan fingerprint density at radius 1 is 1.04 bits per heavy atom. The van der Waals surface area contributed by atoms with Crippen LogP contribution < -0.4 is 0 Å². The lowest BCUT2D eigenvalue weighted by Crippen LogP contribution is -2.25. The van der Waals surface area contributed by atoms with Crippen LogP contribution in [0.3, 0.4) is 0 Å². The van der Waals surface area contributed by atoms with Gasteiger partial charge in [0.2, 0.25) is 5.90 Å². The molecule has 2 aromatic carbocycles. The number of benzene rings is 2. The molecule has 0 saturated heterocycles. The molecule has 1 aliphatic heterocycles. The van der Waals surface area contributed by atoms with Gasteiger partial charge in [-0.25, -0.2) is 9.79 Å². The Labute approximate surface area is 135 Å². The molecule has 0 aromatic heterocycles. The molecule has 3 rings (SSSR count). The molecule has 1 atom stereocenters. The minimum Gasteiger partial charge on any atom is -0.475 e. The van der Waals surface area contributed by atoms with Gasteiger partial charge in [-0.3, -0.25) is 0 Å². The van der Waals surface area contributed by atoms with E-state index in [1.807, 2.05) is 56.3 Å². The van der Waals surface area contributed by atoms with Gasteiger partial charge in [-0.2, -0.15) is 0 Å².